The molecule has 1 N–H and O–H groups in total. The molecule has 3 heterocycles. The number of piperidine rings is 1. The predicted octanol–water partition coefficient (Wildman–Crippen LogP) is 3.49. The van der Waals surface area contributed by atoms with E-state index in [1.165, 1.54) is 0 Å². The molecule has 134 valence electrons. The van der Waals surface area contributed by atoms with Crippen molar-refractivity contribution < 1.29 is 9.90 Å². The van der Waals surface area contributed by atoms with Gasteiger partial charge in [0.15, 0.2) is 0 Å². The van der Waals surface area contributed by atoms with Crippen LogP contribution in [0.2, 0.25) is 5.02 Å². The quantitative estimate of drug-likeness (QED) is 0.910. The van der Waals surface area contributed by atoms with Crippen molar-refractivity contribution in [3.8, 4) is 0 Å². The summed E-state index contributed by atoms with van der Waals surface area (Å²) in [5.74, 6) is 0.511. The molecule has 4 rings (SSSR count). The van der Waals surface area contributed by atoms with Gasteiger partial charge in [0.25, 0.3) is 0 Å². The second-order valence-electron chi connectivity index (χ2n) is 7.52. The number of hydrogen-bond acceptors (Lipinski definition) is 3. The number of halogens is 1. The first-order valence-corrected chi connectivity index (χ1v) is 9.48. The molecule has 0 aliphatic carbocycles. The largest absolute Gasteiger partial charge is 0.386 e. The topological polar surface area (TPSA) is 58.4 Å². The second-order valence-corrected chi connectivity index (χ2v) is 7.96. The van der Waals surface area contributed by atoms with Crippen LogP contribution in [0.5, 0.6) is 0 Å². The Hall–Kier alpha value is -1.59. The van der Waals surface area contributed by atoms with Gasteiger partial charge in [-0.2, -0.15) is 5.10 Å². The number of aromatic nitrogens is 2. The lowest BCUT2D eigenvalue weighted by Gasteiger charge is -2.43. The SMILES string of the molecule is CCCC(=O)N1CCC(C2(C)[C@H](O)c3cc(Cl)cc4cnn2c34)CC1. The molecule has 1 aromatic heterocycles. The van der Waals surface area contributed by atoms with Crippen LogP contribution in [0.25, 0.3) is 10.9 Å². The van der Waals surface area contributed by atoms with Gasteiger partial charge in [-0.05, 0) is 44.2 Å². The molecule has 2 aliphatic rings. The first-order chi connectivity index (χ1) is 12.0. The number of aliphatic hydroxyl groups is 1. The molecular formula is C19H24ClN3O2. The Morgan fingerprint density at radius 2 is 2.12 bits per heavy atom. The van der Waals surface area contributed by atoms with E-state index < -0.39 is 11.6 Å². The summed E-state index contributed by atoms with van der Waals surface area (Å²) in [6.07, 6.45) is 4.47. The van der Waals surface area contributed by atoms with Gasteiger partial charge < -0.3 is 10.0 Å². The minimum Gasteiger partial charge on any atom is -0.386 e. The molecule has 1 fully saturated rings. The third-order valence-electron chi connectivity index (χ3n) is 6.10. The van der Waals surface area contributed by atoms with Gasteiger partial charge in [-0.1, -0.05) is 18.5 Å². The molecule has 0 saturated carbocycles. The Kier molecular flexibility index (Phi) is 4.04. The summed E-state index contributed by atoms with van der Waals surface area (Å²) in [4.78, 5) is 14.1. The van der Waals surface area contributed by atoms with Gasteiger partial charge in [-0.25, -0.2) is 0 Å². The first-order valence-electron chi connectivity index (χ1n) is 9.10. The number of hydrogen-bond donors (Lipinski definition) is 1. The van der Waals surface area contributed by atoms with E-state index in [9.17, 15) is 9.90 Å². The molecule has 6 heteroatoms. The fraction of sp³-hybridized carbons (Fsp3) is 0.579. The number of aliphatic hydroxyl groups excluding tert-OH is 1. The predicted molar refractivity (Wildman–Crippen MR) is 97.6 cm³/mol. The molecule has 0 radical (unpaired) electrons. The van der Waals surface area contributed by atoms with Crippen LogP contribution in [0.1, 0.15) is 51.2 Å². The van der Waals surface area contributed by atoms with Crippen LogP contribution in [0, 0.1) is 5.92 Å². The molecule has 1 amide bonds. The Bertz CT molecular complexity index is 825. The Morgan fingerprint density at radius 1 is 1.40 bits per heavy atom. The van der Waals surface area contributed by atoms with Crippen molar-refractivity contribution in [2.24, 2.45) is 5.92 Å². The fourth-order valence-electron chi connectivity index (χ4n) is 4.65. The van der Waals surface area contributed by atoms with Crippen LogP contribution >= 0.6 is 11.6 Å². The van der Waals surface area contributed by atoms with Crippen LogP contribution < -0.4 is 0 Å². The summed E-state index contributed by atoms with van der Waals surface area (Å²) in [6.45, 7) is 5.64. The van der Waals surface area contributed by atoms with E-state index in [4.69, 9.17) is 11.6 Å². The third-order valence-corrected chi connectivity index (χ3v) is 6.32. The average Bonchev–Trinajstić information content (AvgIpc) is 3.12. The number of amides is 1. The maximum atomic E-state index is 12.1. The molecule has 25 heavy (non-hydrogen) atoms. The van der Waals surface area contributed by atoms with Gasteiger partial charge in [-0.3, -0.25) is 9.48 Å². The van der Waals surface area contributed by atoms with Gasteiger partial charge in [0.05, 0.1) is 17.3 Å². The van der Waals surface area contributed by atoms with Gasteiger partial charge in [0.2, 0.25) is 5.91 Å². The number of nitrogens with zero attached hydrogens (tertiary/aromatic N) is 3. The highest BCUT2D eigenvalue weighted by molar-refractivity contribution is 6.31. The number of rotatable bonds is 3. The Labute approximate surface area is 152 Å². The molecule has 1 unspecified atom stereocenters. The molecule has 0 bridgehead atoms. The lowest BCUT2D eigenvalue weighted by Crippen LogP contribution is -2.48. The van der Waals surface area contributed by atoms with Crippen molar-refractivity contribution in [3.05, 3.63) is 28.9 Å². The number of carbonyl (C=O) groups is 1. The van der Waals surface area contributed by atoms with E-state index in [0.717, 1.165) is 48.8 Å². The van der Waals surface area contributed by atoms with Crippen molar-refractivity contribution >= 4 is 28.4 Å². The summed E-state index contributed by atoms with van der Waals surface area (Å²) < 4.78 is 1.99. The third kappa shape index (κ3) is 2.40. The van der Waals surface area contributed by atoms with Gasteiger partial charge >= 0.3 is 0 Å². The van der Waals surface area contributed by atoms with Crippen LogP contribution in [0.15, 0.2) is 18.3 Å². The average molecular weight is 362 g/mol. The number of likely N-dealkylation sites (tertiary alicyclic amines) is 1. The second kappa shape index (κ2) is 5.99. The summed E-state index contributed by atoms with van der Waals surface area (Å²) in [7, 11) is 0. The summed E-state index contributed by atoms with van der Waals surface area (Å²) >= 11 is 6.22. The minimum atomic E-state index is -0.625. The zero-order valence-electron chi connectivity index (χ0n) is 14.7. The zero-order chi connectivity index (χ0) is 17.8. The highest BCUT2D eigenvalue weighted by Gasteiger charge is 2.50. The van der Waals surface area contributed by atoms with Crippen molar-refractivity contribution in [2.75, 3.05) is 13.1 Å². The maximum Gasteiger partial charge on any atom is 0.222 e. The smallest absolute Gasteiger partial charge is 0.222 e. The van der Waals surface area contributed by atoms with Crippen LogP contribution in [-0.4, -0.2) is 38.8 Å². The molecule has 1 saturated heterocycles. The van der Waals surface area contributed by atoms with Crippen molar-refractivity contribution in [3.63, 3.8) is 0 Å². The standard InChI is InChI=1S/C19H24ClN3O2/c1-3-4-16(24)22-7-5-13(6-8-22)19(2)18(25)15-10-14(20)9-12-11-21-23(19)17(12)15/h9-11,13,18,25H,3-8H2,1-2H3/t18-,19?/m1/s1. The van der Waals surface area contributed by atoms with Crippen molar-refractivity contribution in [2.45, 2.75) is 51.2 Å². The van der Waals surface area contributed by atoms with E-state index >= 15 is 0 Å². The molecule has 5 nitrogen and oxygen atoms in total. The molecule has 1 aromatic carbocycles. The molecule has 2 aliphatic heterocycles. The number of carbonyl (C=O) groups excluding carboxylic acids is 1. The monoisotopic (exact) mass is 361 g/mol. The minimum absolute atomic E-state index is 0.245. The molecule has 0 spiro atoms. The van der Waals surface area contributed by atoms with E-state index in [2.05, 4.69) is 12.0 Å². The summed E-state index contributed by atoms with van der Waals surface area (Å²) in [5.41, 5.74) is 1.37. The van der Waals surface area contributed by atoms with Crippen molar-refractivity contribution in [1.82, 2.24) is 14.7 Å². The van der Waals surface area contributed by atoms with Gasteiger partial charge in [0.1, 0.15) is 6.10 Å². The molecule has 2 aromatic rings. The zero-order valence-corrected chi connectivity index (χ0v) is 15.5. The van der Waals surface area contributed by atoms with Crippen LogP contribution in [-0.2, 0) is 10.3 Å². The highest BCUT2D eigenvalue weighted by atomic mass is 35.5. The van der Waals surface area contributed by atoms with E-state index in [-0.39, 0.29) is 11.8 Å². The van der Waals surface area contributed by atoms with Gasteiger partial charge in [-0.15, -0.1) is 0 Å². The van der Waals surface area contributed by atoms with Crippen LogP contribution in [0.4, 0.5) is 0 Å². The molecule has 2 atom stereocenters. The van der Waals surface area contributed by atoms with Gasteiger partial charge in [0, 0.05) is 35.5 Å². The summed E-state index contributed by atoms with van der Waals surface area (Å²) in [5, 5.41) is 17.3. The maximum absolute atomic E-state index is 12.1. The number of benzene rings is 1. The Balaban J connectivity index is 1.62. The fourth-order valence-corrected chi connectivity index (χ4v) is 4.88. The van der Waals surface area contributed by atoms with E-state index in [0.29, 0.717) is 11.4 Å². The van der Waals surface area contributed by atoms with E-state index in [1.807, 2.05) is 34.8 Å². The summed E-state index contributed by atoms with van der Waals surface area (Å²) in [6, 6.07) is 3.76. The normalized spacial score (nSPS) is 26.6. The first kappa shape index (κ1) is 16.9. The lowest BCUT2D eigenvalue weighted by atomic mass is 9.75. The van der Waals surface area contributed by atoms with E-state index in [1.54, 1.807) is 0 Å². The Morgan fingerprint density at radius 3 is 2.80 bits per heavy atom. The van der Waals surface area contributed by atoms with Crippen molar-refractivity contribution in [1.29, 1.82) is 0 Å². The highest BCUT2D eigenvalue weighted by Crippen LogP contribution is 2.51. The molecular weight excluding hydrogens is 338 g/mol. The lowest BCUT2D eigenvalue weighted by molar-refractivity contribution is -0.133. The van der Waals surface area contributed by atoms with Crippen LogP contribution in [0.3, 0.4) is 0 Å².